The van der Waals surface area contributed by atoms with Crippen LogP contribution in [-0.2, 0) is 13.1 Å². The van der Waals surface area contributed by atoms with Crippen LogP contribution in [0, 0.1) is 0 Å². The summed E-state index contributed by atoms with van der Waals surface area (Å²) in [6.45, 7) is 1.73. The van der Waals surface area contributed by atoms with Gasteiger partial charge < -0.3 is 14.2 Å². The van der Waals surface area contributed by atoms with Crippen molar-refractivity contribution >= 4 is 11.9 Å². The Hall–Kier alpha value is -3.64. The van der Waals surface area contributed by atoms with E-state index >= 15 is 0 Å². The zero-order valence-corrected chi connectivity index (χ0v) is 16.5. The van der Waals surface area contributed by atoms with Gasteiger partial charge in [0.2, 0.25) is 5.78 Å². The maximum atomic E-state index is 13.0. The summed E-state index contributed by atoms with van der Waals surface area (Å²) in [5, 5.41) is 0. The van der Waals surface area contributed by atoms with Gasteiger partial charge in [-0.15, -0.1) is 0 Å². The number of para-hydroxylation sites is 1. The fraction of sp³-hybridized carbons (Fsp3) is 0.167. The minimum absolute atomic E-state index is 0.138. The van der Waals surface area contributed by atoms with E-state index in [2.05, 4.69) is 9.88 Å². The highest BCUT2D eigenvalue weighted by Gasteiger charge is 2.33. The van der Waals surface area contributed by atoms with Crippen molar-refractivity contribution in [2.75, 3.05) is 13.8 Å². The maximum Gasteiger partial charge on any atom is 0.231 e. The summed E-state index contributed by atoms with van der Waals surface area (Å²) >= 11 is 0. The highest BCUT2D eigenvalue weighted by atomic mass is 16.5. The van der Waals surface area contributed by atoms with E-state index < -0.39 is 0 Å². The Balaban J connectivity index is 1.45. The molecule has 0 fully saturated rings. The zero-order valence-electron chi connectivity index (χ0n) is 16.5. The van der Waals surface area contributed by atoms with Crippen molar-refractivity contribution in [2.24, 2.45) is 0 Å². The Kier molecular flexibility index (Phi) is 4.69. The number of fused-ring (bicyclic) bond motifs is 3. The second-order valence-corrected chi connectivity index (χ2v) is 7.18. The van der Waals surface area contributed by atoms with Crippen molar-refractivity contribution in [1.82, 2.24) is 9.88 Å². The molecule has 2 aromatic carbocycles. The van der Waals surface area contributed by atoms with Gasteiger partial charge in [0, 0.05) is 24.8 Å². The molecule has 0 amide bonds. The van der Waals surface area contributed by atoms with Gasteiger partial charge in [-0.25, -0.2) is 0 Å². The van der Waals surface area contributed by atoms with Crippen molar-refractivity contribution in [3.8, 4) is 17.2 Å². The van der Waals surface area contributed by atoms with Crippen LogP contribution in [0.15, 0.2) is 66.6 Å². The molecule has 3 aromatic rings. The number of benzene rings is 2. The SMILES string of the molecule is COc1ccccc1/C=C1\Oc2c(ccc3c2CN(Cc2ccccn2)CO3)C1=O. The smallest absolute Gasteiger partial charge is 0.231 e. The molecule has 0 N–H and O–H groups in total. The third-order valence-electron chi connectivity index (χ3n) is 5.22. The van der Waals surface area contributed by atoms with Crippen LogP contribution < -0.4 is 14.2 Å². The van der Waals surface area contributed by atoms with Gasteiger partial charge in [0.1, 0.15) is 24.0 Å². The van der Waals surface area contributed by atoms with E-state index in [1.807, 2.05) is 48.5 Å². The predicted octanol–water partition coefficient (Wildman–Crippen LogP) is 4.06. The summed E-state index contributed by atoms with van der Waals surface area (Å²) in [5.74, 6) is 2.15. The van der Waals surface area contributed by atoms with Gasteiger partial charge >= 0.3 is 0 Å². The number of pyridine rings is 1. The molecule has 2 aliphatic heterocycles. The van der Waals surface area contributed by atoms with Gasteiger partial charge in [-0.2, -0.15) is 0 Å². The van der Waals surface area contributed by atoms with Gasteiger partial charge in [-0.05, 0) is 36.4 Å². The Morgan fingerprint density at radius 1 is 1.13 bits per heavy atom. The molecular formula is C24H20N2O4. The summed E-state index contributed by atoms with van der Waals surface area (Å²) < 4.78 is 17.4. The molecule has 0 bridgehead atoms. The standard InChI is InChI=1S/C24H20N2O4/c1-28-20-8-3-2-6-16(20)12-22-23(27)18-9-10-21-19(24(18)30-22)14-26(15-29-21)13-17-7-4-5-11-25-17/h2-12H,13-15H2,1H3/b22-12-. The Labute approximate surface area is 174 Å². The van der Waals surface area contributed by atoms with Gasteiger partial charge in [0.15, 0.2) is 5.76 Å². The Bertz CT molecular complexity index is 1140. The first-order valence-electron chi connectivity index (χ1n) is 9.71. The van der Waals surface area contributed by atoms with Crippen molar-refractivity contribution in [2.45, 2.75) is 13.1 Å². The number of ether oxygens (including phenoxy) is 3. The first kappa shape index (κ1) is 18.4. The van der Waals surface area contributed by atoms with Crippen LogP contribution in [-0.4, -0.2) is 29.5 Å². The summed E-state index contributed by atoms with van der Waals surface area (Å²) in [6.07, 6.45) is 3.51. The molecule has 3 heterocycles. The summed E-state index contributed by atoms with van der Waals surface area (Å²) in [4.78, 5) is 19.5. The molecule has 0 aliphatic carbocycles. The summed E-state index contributed by atoms with van der Waals surface area (Å²) in [6, 6.07) is 17.0. The predicted molar refractivity (Wildman–Crippen MR) is 111 cm³/mol. The molecule has 30 heavy (non-hydrogen) atoms. The van der Waals surface area contributed by atoms with Crippen molar-refractivity contribution in [1.29, 1.82) is 0 Å². The van der Waals surface area contributed by atoms with Crippen LogP contribution in [0.3, 0.4) is 0 Å². The number of carbonyl (C=O) groups is 1. The Morgan fingerprint density at radius 3 is 2.83 bits per heavy atom. The highest BCUT2D eigenvalue weighted by Crippen LogP contribution is 2.42. The van der Waals surface area contributed by atoms with Crippen LogP contribution >= 0.6 is 0 Å². The fourth-order valence-electron chi connectivity index (χ4n) is 3.75. The topological polar surface area (TPSA) is 60.9 Å². The van der Waals surface area contributed by atoms with Crippen LogP contribution in [0.1, 0.15) is 27.2 Å². The van der Waals surface area contributed by atoms with E-state index in [0.717, 1.165) is 22.6 Å². The van der Waals surface area contributed by atoms with Crippen LogP contribution in [0.4, 0.5) is 0 Å². The molecule has 0 saturated heterocycles. The minimum atomic E-state index is -0.138. The molecule has 6 nitrogen and oxygen atoms in total. The number of Topliss-reactive ketones (excluding diaryl/α,β-unsaturated/α-hetero) is 1. The fourth-order valence-corrected chi connectivity index (χ4v) is 3.75. The second kappa shape index (κ2) is 7.65. The number of rotatable bonds is 4. The molecule has 5 rings (SSSR count). The number of hydrogen-bond acceptors (Lipinski definition) is 6. The quantitative estimate of drug-likeness (QED) is 0.616. The molecule has 0 spiro atoms. The monoisotopic (exact) mass is 400 g/mol. The number of methoxy groups -OCH3 is 1. The molecule has 150 valence electrons. The van der Waals surface area contributed by atoms with Crippen LogP contribution in [0.25, 0.3) is 6.08 Å². The molecule has 1 aromatic heterocycles. The van der Waals surface area contributed by atoms with Crippen molar-refractivity contribution in [3.05, 3.63) is 88.9 Å². The lowest BCUT2D eigenvalue weighted by Crippen LogP contribution is -2.32. The Morgan fingerprint density at radius 2 is 2.00 bits per heavy atom. The lowest BCUT2D eigenvalue weighted by Gasteiger charge is -2.29. The van der Waals surface area contributed by atoms with Crippen molar-refractivity contribution < 1.29 is 19.0 Å². The molecule has 6 heteroatoms. The van der Waals surface area contributed by atoms with Gasteiger partial charge in [0.05, 0.1) is 23.9 Å². The van der Waals surface area contributed by atoms with E-state index in [1.165, 1.54) is 0 Å². The van der Waals surface area contributed by atoms with Crippen molar-refractivity contribution in [3.63, 3.8) is 0 Å². The lowest BCUT2D eigenvalue weighted by molar-refractivity contribution is 0.0861. The first-order valence-corrected chi connectivity index (χ1v) is 9.71. The number of nitrogens with zero attached hydrogens (tertiary/aromatic N) is 2. The zero-order chi connectivity index (χ0) is 20.5. The third kappa shape index (κ3) is 3.31. The molecule has 0 radical (unpaired) electrons. The maximum absolute atomic E-state index is 13.0. The number of carbonyl (C=O) groups excluding carboxylic acids is 1. The molecule has 0 saturated carbocycles. The largest absolute Gasteiger partial charge is 0.496 e. The van der Waals surface area contributed by atoms with Gasteiger partial charge in [-0.3, -0.25) is 14.7 Å². The van der Waals surface area contributed by atoms with Gasteiger partial charge in [-0.1, -0.05) is 24.3 Å². The minimum Gasteiger partial charge on any atom is -0.496 e. The number of allylic oxidation sites excluding steroid dienone is 1. The second-order valence-electron chi connectivity index (χ2n) is 7.18. The summed E-state index contributed by atoms with van der Waals surface area (Å²) in [5.41, 5.74) is 3.19. The lowest BCUT2D eigenvalue weighted by atomic mass is 10.0. The summed E-state index contributed by atoms with van der Waals surface area (Å²) in [7, 11) is 1.60. The van der Waals surface area contributed by atoms with E-state index in [-0.39, 0.29) is 11.5 Å². The van der Waals surface area contributed by atoms with Gasteiger partial charge in [0.25, 0.3) is 0 Å². The number of aromatic nitrogens is 1. The van der Waals surface area contributed by atoms with E-state index in [9.17, 15) is 4.79 Å². The molecule has 0 atom stereocenters. The number of hydrogen-bond donors (Lipinski definition) is 0. The van der Waals surface area contributed by atoms with E-state index in [1.54, 1.807) is 25.4 Å². The average Bonchev–Trinajstić information content (AvgIpc) is 3.11. The first-order chi connectivity index (χ1) is 14.7. The number of ketones is 1. The molecule has 0 unspecified atom stereocenters. The average molecular weight is 400 g/mol. The third-order valence-corrected chi connectivity index (χ3v) is 5.22. The molecule has 2 aliphatic rings. The normalized spacial score (nSPS) is 16.6. The molecular weight excluding hydrogens is 380 g/mol. The van der Waals surface area contributed by atoms with Crippen LogP contribution in [0.5, 0.6) is 17.2 Å². The highest BCUT2D eigenvalue weighted by molar-refractivity contribution is 6.15. The van der Waals surface area contributed by atoms with E-state index in [0.29, 0.717) is 36.9 Å². The van der Waals surface area contributed by atoms with Crippen LogP contribution in [0.2, 0.25) is 0 Å². The van der Waals surface area contributed by atoms with E-state index in [4.69, 9.17) is 14.2 Å².